The fourth-order valence-corrected chi connectivity index (χ4v) is 2.35. The van der Waals surface area contributed by atoms with Gasteiger partial charge in [0.15, 0.2) is 0 Å². The first-order chi connectivity index (χ1) is 8.66. The molecule has 0 saturated heterocycles. The molecule has 0 radical (unpaired) electrons. The molecule has 0 aliphatic heterocycles. The normalized spacial score (nSPS) is 10.5. The highest BCUT2D eigenvalue weighted by Gasteiger charge is 2.02. The molecule has 0 atom stereocenters. The minimum Gasteiger partial charge on any atom is -0.366 e. The van der Waals surface area contributed by atoms with E-state index in [0.29, 0.717) is 5.56 Å². The van der Waals surface area contributed by atoms with Gasteiger partial charge in [-0.1, -0.05) is 12.1 Å². The number of rotatable bonds is 5. The van der Waals surface area contributed by atoms with Gasteiger partial charge in [0.05, 0.1) is 11.2 Å². The molecule has 4 nitrogen and oxygen atoms in total. The number of amides is 1. The second kappa shape index (κ2) is 5.75. The molecule has 0 spiro atoms. The number of hydrogen-bond donors (Lipinski definition) is 2. The van der Waals surface area contributed by atoms with Gasteiger partial charge in [0.25, 0.3) is 0 Å². The first kappa shape index (κ1) is 12.7. The molecular weight excluding hydrogens is 246 g/mol. The lowest BCUT2D eigenvalue weighted by atomic mass is 10.1. The predicted octanol–water partition coefficient (Wildman–Crippen LogP) is 1.84. The molecule has 5 heteroatoms. The highest BCUT2D eigenvalue weighted by Crippen LogP contribution is 2.11. The van der Waals surface area contributed by atoms with E-state index in [9.17, 15) is 4.79 Å². The monoisotopic (exact) mass is 261 g/mol. The highest BCUT2D eigenvalue weighted by atomic mass is 32.1. The molecule has 3 N–H and O–H groups in total. The average Bonchev–Trinajstić information content (AvgIpc) is 2.76. The summed E-state index contributed by atoms with van der Waals surface area (Å²) >= 11 is 1.66. The molecule has 1 heterocycles. The van der Waals surface area contributed by atoms with Crippen LogP contribution >= 0.6 is 11.3 Å². The first-order valence-corrected chi connectivity index (χ1v) is 6.53. The number of thiazole rings is 1. The summed E-state index contributed by atoms with van der Waals surface area (Å²) in [7, 11) is 0. The van der Waals surface area contributed by atoms with Gasteiger partial charge in [-0.15, -0.1) is 11.3 Å². The van der Waals surface area contributed by atoms with Crippen LogP contribution < -0.4 is 11.1 Å². The lowest BCUT2D eigenvalue weighted by Gasteiger charge is -2.04. The number of nitrogens with one attached hydrogen (secondary N) is 1. The third kappa shape index (κ3) is 3.15. The number of carbonyl (C=O) groups is 1. The molecule has 18 heavy (non-hydrogen) atoms. The van der Waals surface area contributed by atoms with E-state index in [4.69, 9.17) is 5.73 Å². The van der Waals surface area contributed by atoms with Crippen molar-refractivity contribution in [1.82, 2.24) is 10.3 Å². The van der Waals surface area contributed by atoms with E-state index in [1.165, 1.54) is 4.88 Å². The van der Waals surface area contributed by atoms with E-state index in [0.717, 1.165) is 24.3 Å². The molecule has 1 amide bonds. The van der Waals surface area contributed by atoms with Crippen LogP contribution in [0.4, 0.5) is 0 Å². The van der Waals surface area contributed by atoms with Crippen LogP contribution in [-0.4, -0.2) is 10.9 Å². The van der Waals surface area contributed by atoms with Crippen LogP contribution in [0.3, 0.4) is 0 Å². The molecule has 0 unspecified atom stereocenters. The maximum atomic E-state index is 10.9. The van der Waals surface area contributed by atoms with E-state index in [1.807, 2.05) is 24.6 Å². The fraction of sp³-hybridized carbons (Fsp3) is 0.231. The number of nitrogens with two attached hydrogens (primary N) is 1. The van der Waals surface area contributed by atoms with Gasteiger partial charge >= 0.3 is 0 Å². The summed E-state index contributed by atoms with van der Waals surface area (Å²) < 4.78 is 0. The van der Waals surface area contributed by atoms with Crippen LogP contribution in [0.2, 0.25) is 0 Å². The van der Waals surface area contributed by atoms with Gasteiger partial charge in [0, 0.05) is 23.5 Å². The Hall–Kier alpha value is -1.72. The van der Waals surface area contributed by atoms with Crippen molar-refractivity contribution in [2.24, 2.45) is 5.73 Å². The van der Waals surface area contributed by atoms with Crippen LogP contribution in [0.25, 0.3) is 0 Å². The highest BCUT2D eigenvalue weighted by molar-refractivity contribution is 7.09. The van der Waals surface area contributed by atoms with Crippen LogP contribution in [-0.2, 0) is 13.1 Å². The number of hydrogen-bond acceptors (Lipinski definition) is 4. The van der Waals surface area contributed by atoms with Crippen LogP contribution in [0.5, 0.6) is 0 Å². The molecule has 0 saturated carbocycles. The quantitative estimate of drug-likeness (QED) is 0.863. The van der Waals surface area contributed by atoms with E-state index >= 15 is 0 Å². The van der Waals surface area contributed by atoms with Crippen LogP contribution in [0.1, 0.15) is 26.5 Å². The first-order valence-electron chi connectivity index (χ1n) is 5.65. The second-order valence-corrected chi connectivity index (χ2v) is 4.96. The third-order valence-electron chi connectivity index (χ3n) is 2.70. The summed E-state index contributed by atoms with van der Waals surface area (Å²) in [5.74, 6) is -0.394. The van der Waals surface area contributed by atoms with E-state index in [-0.39, 0.29) is 0 Å². The van der Waals surface area contributed by atoms with Crippen molar-refractivity contribution in [3.63, 3.8) is 0 Å². The zero-order chi connectivity index (χ0) is 13.0. The van der Waals surface area contributed by atoms with E-state index < -0.39 is 5.91 Å². The lowest BCUT2D eigenvalue weighted by molar-refractivity contribution is 0.100. The minimum absolute atomic E-state index is 0.394. The Morgan fingerprint density at radius 1 is 1.33 bits per heavy atom. The van der Waals surface area contributed by atoms with Crippen molar-refractivity contribution in [3.05, 3.63) is 51.5 Å². The van der Waals surface area contributed by atoms with Crippen molar-refractivity contribution in [3.8, 4) is 0 Å². The fourth-order valence-electron chi connectivity index (χ4n) is 1.60. The maximum absolute atomic E-state index is 10.9. The van der Waals surface area contributed by atoms with E-state index in [1.54, 1.807) is 23.5 Å². The van der Waals surface area contributed by atoms with Crippen molar-refractivity contribution in [1.29, 1.82) is 0 Å². The van der Waals surface area contributed by atoms with Crippen molar-refractivity contribution >= 4 is 17.2 Å². The molecule has 2 rings (SSSR count). The number of carbonyl (C=O) groups excluding carboxylic acids is 1. The Balaban J connectivity index is 1.87. The van der Waals surface area contributed by atoms with Gasteiger partial charge in [-0.25, -0.2) is 4.98 Å². The van der Waals surface area contributed by atoms with Gasteiger partial charge in [-0.05, 0) is 24.6 Å². The number of aromatic nitrogens is 1. The topological polar surface area (TPSA) is 68.0 Å². The number of aryl methyl sites for hydroxylation is 1. The Labute approximate surface area is 110 Å². The summed E-state index contributed by atoms with van der Waals surface area (Å²) in [6.07, 6.45) is 0. The zero-order valence-corrected chi connectivity index (χ0v) is 11.0. The Morgan fingerprint density at radius 3 is 2.61 bits per heavy atom. The van der Waals surface area contributed by atoms with Crippen LogP contribution in [0.15, 0.2) is 29.8 Å². The SMILES string of the molecule is Cc1ncsc1CNCc1ccc(C(N)=O)cc1. The van der Waals surface area contributed by atoms with Gasteiger partial charge in [0.1, 0.15) is 0 Å². The van der Waals surface area contributed by atoms with Crippen molar-refractivity contribution < 1.29 is 4.79 Å². The van der Waals surface area contributed by atoms with Gasteiger partial charge in [-0.3, -0.25) is 4.79 Å². The largest absolute Gasteiger partial charge is 0.366 e. The molecule has 2 aromatic rings. The van der Waals surface area contributed by atoms with Crippen molar-refractivity contribution in [2.45, 2.75) is 20.0 Å². The minimum atomic E-state index is -0.394. The van der Waals surface area contributed by atoms with Gasteiger partial charge in [0.2, 0.25) is 5.91 Å². The predicted molar refractivity (Wildman–Crippen MR) is 72.4 cm³/mol. The molecule has 0 bridgehead atoms. The third-order valence-corrected chi connectivity index (χ3v) is 3.63. The second-order valence-electron chi connectivity index (χ2n) is 4.03. The molecule has 94 valence electrons. The molecule has 0 fully saturated rings. The Morgan fingerprint density at radius 2 is 2.06 bits per heavy atom. The summed E-state index contributed by atoms with van der Waals surface area (Å²) in [4.78, 5) is 16.4. The number of primary amides is 1. The summed E-state index contributed by atoms with van der Waals surface area (Å²) in [5.41, 5.74) is 9.79. The zero-order valence-electron chi connectivity index (χ0n) is 10.1. The van der Waals surface area contributed by atoms with Gasteiger partial charge in [-0.2, -0.15) is 0 Å². The molecule has 1 aromatic heterocycles. The number of benzene rings is 1. The Bertz CT molecular complexity index is 533. The maximum Gasteiger partial charge on any atom is 0.248 e. The van der Waals surface area contributed by atoms with Crippen molar-refractivity contribution in [2.75, 3.05) is 0 Å². The van der Waals surface area contributed by atoms with Crippen LogP contribution in [0, 0.1) is 6.92 Å². The smallest absolute Gasteiger partial charge is 0.248 e. The average molecular weight is 261 g/mol. The summed E-state index contributed by atoms with van der Waals surface area (Å²) in [6.45, 7) is 3.58. The standard InChI is InChI=1S/C13H15N3OS/c1-9-12(18-8-16-9)7-15-6-10-2-4-11(5-3-10)13(14)17/h2-5,8,15H,6-7H2,1H3,(H2,14,17). The van der Waals surface area contributed by atoms with E-state index in [2.05, 4.69) is 10.3 Å². The summed E-state index contributed by atoms with van der Waals surface area (Å²) in [6, 6.07) is 7.31. The lowest BCUT2D eigenvalue weighted by Crippen LogP contribution is -2.13. The Kier molecular flexibility index (Phi) is 4.07. The molecular formula is C13H15N3OS. The molecule has 0 aliphatic carbocycles. The molecule has 0 aliphatic rings. The number of nitrogens with zero attached hydrogens (tertiary/aromatic N) is 1. The molecule has 1 aromatic carbocycles. The van der Waals surface area contributed by atoms with Gasteiger partial charge < -0.3 is 11.1 Å². The summed E-state index contributed by atoms with van der Waals surface area (Å²) in [5, 5.41) is 3.35.